The van der Waals surface area contributed by atoms with Crippen molar-refractivity contribution < 1.29 is 14.7 Å². The van der Waals surface area contributed by atoms with E-state index >= 15 is 0 Å². The maximum absolute atomic E-state index is 14.1. The van der Waals surface area contributed by atoms with E-state index in [2.05, 4.69) is 20.6 Å². The second-order valence-electron chi connectivity index (χ2n) is 11.7. The predicted molar refractivity (Wildman–Crippen MR) is 150 cm³/mol. The molecule has 0 radical (unpaired) electrons. The van der Waals surface area contributed by atoms with Crippen LogP contribution in [-0.4, -0.2) is 60.5 Å². The van der Waals surface area contributed by atoms with Crippen molar-refractivity contribution in [1.29, 1.82) is 0 Å². The third-order valence-electron chi connectivity index (χ3n) is 8.32. The first-order valence-electron chi connectivity index (χ1n) is 13.8. The molecule has 1 aromatic carbocycles. The topological polar surface area (TPSA) is 113 Å². The number of benzene rings is 1. The van der Waals surface area contributed by atoms with Gasteiger partial charge in [-0.05, 0) is 49.7 Å². The maximum atomic E-state index is 14.1. The van der Waals surface area contributed by atoms with Gasteiger partial charge >= 0.3 is 0 Å². The van der Waals surface area contributed by atoms with Crippen molar-refractivity contribution in [2.24, 2.45) is 5.41 Å². The second kappa shape index (κ2) is 10.8. The number of carbonyl (C=O) groups is 2. The van der Waals surface area contributed by atoms with Crippen LogP contribution in [0.25, 0.3) is 10.4 Å². The molecule has 1 aliphatic carbocycles. The molecular formula is C29H38N6O3S. The smallest absolute Gasteiger partial charge is 0.248 e. The van der Waals surface area contributed by atoms with Gasteiger partial charge in [0.25, 0.3) is 0 Å². The second-order valence-corrected chi connectivity index (χ2v) is 12.5. The third-order valence-corrected chi connectivity index (χ3v) is 9.29. The van der Waals surface area contributed by atoms with E-state index in [-0.39, 0.29) is 30.8 Å². The molecule has 3 aromatic rings. The van der Waals surface area contributed by atoms with Crippen LogP contribution in [0.2, 0.25) is 0 Å². The van der Waals surface area contributed by atoms with Gasteiger partial charge in [0, 0.05) is 25.1 Å². The van der Waals surface area contributed by atoms with Crippen molar-refractivity contribution in [2.45, 2.75) is 90.4 Å². The minimum Gasteiger partial charge on any atom is -0.391 e. The summed E-state index contributed by atoms with van der Waals surface area (Å²) in [6.07, 6.45) is 4.27. The molecule has 1 aliphatic heterocycles. The van der Waals surface area contributed by atoms with Gasteiger partial charge in [-0.25, -0.2) is 9.67 Å². The summed E-state index contributed by atoms with van der Waals surface area (Å²) in [7, 11) is 0. The molecule has 0 spiro atoms. The Morgan fingerprint density at radius 1 is 1.23 bits per heavy atom. The lowest BCUT2D eigenvalue weighted by Gasteiger charge is -2.36. The Balaban J connectivity index is 1.32. The van der Waals surface area contributed by atoms with Crippen molar-refractivity contribution in [1.82, 2.24) is 30.2 Å². The van der Waals surface area contributed by atoms with E-state index in [9.17, 15) is 14.7 Å². The van der Waals surface area contributed by atoms with Gasteiger partial charge in [0.05, 0.1) is 33.9 Å². The Kier molecular flexibility index (Phi) is 7.61. The number of β-amino-alcohol motifs (C(OH)–C–C–N with tert-alkyl or cyclic N) is 1. The lowest BCUT2D eigenvalue weighted by Crippen LogP contribution is -2.51. The summed E-state index contributed by atoms with van der Waals surface area (Å²) in [5.41, 5.74) is 5.39. The number of nitrogens with one attached hydrogen (secondary N) is 1. The quantitative estimate of drug-likeness (QED) is 0.408. The highest BCUT2D eigenvalue weighted by atomic mass is 32.1. The van der Waals surface area contributed by atoms with Crippen molar-refractivity contribution in [3.63, 3.8) is 0 Å². The van der Waals surface area contributed by atoms with Crippen LogP contribution >= 0.6 is 11.3 Å². The molecule has 0 unspecified atom stereocenters. The molecule has 39 heavy (non-hydrogen) atoms. The number of nitrogens with zero attached hydrogens (tertiary/aromatic N) is 5. The Hall–Kier alpha value is -3.11. The fourth-order valence-corrected chi connectivity index (χ4v) is 6.15. The van der Waals surface area contributed by atoms with E-state index in [4.69, 9.17) is 0 Å². The number of aliphatic hydroxyl groups excluding tert-OH is 1. The summed E-state index contributed by atoms with van der Waals surface area (Å²) in [6.45, 7) is 10.2. The number of aromatic nitrogens is 4. The van der Waals surface area contributed by atoms with Crippen LogP contribution in [0.15, 0.2) is 36.0 Å². The number of rotatable bonds is 9. The van der Waals surface area contributed by atoms with Crippen LogP contribution in [0, 0.1) is 12.3 Å². The standard InChI is InChI=1S/C29H38N6O3S/c1-6-29(4,5)26(35-15-23(32-33-35)20-9-10-20)28(38)34-14-22(36)13-24(34)27(37)31-17(2)19-7-11-21(12-8-19)25-18(3)30-16-39-25/h7-8,11-12,15-17,20,22,24,26,36H,6,9-10,13-14H2,1-5H3,(H,31,37)/t17-,22+,24-,26+/m0/s1. The van der Waals surface area contributed by atoms with Crippen molar-refractivity contribution in [2.75, 3.05) is 6.54 Å². The Bertz CT molecular complexity index is 1330. The monoisotopic (exact) mass is 550 g/mol. The summed E-state index contributed by atoms with van der Waals surface area (Å²) < 4.78 is 1.67. The van der Waals surface area contributed by atoms with Crippen LogP contribution in [0.1, 0.15) is 88.3 Å². The summed E-state index contributed by atoms with van der Waals surface area (Å²) in [5.74, 6) is -0.0456. The van der Waals surface area contributed by atoms with Gasteiger partial charge < -0.3 is 15.3 Å². The summed E-state index contributed by atoms with van der Waals surface area (Å²) in [5, 5.41) is 22.3. The van der Waals surface area contributed by atoms with Crippen LogP contribution in [0.4, 0.5) is 0 Å². The number of hydrogen-bond donors (Lipinski definition) is 2. The number of likely N-dealkylation sites (tertiary alicyclic amines) is 1. The van der Waals surface area contributed by atoms with Crippen molar-refractivity contribution in [3.8, 4) is 10.4 Å². The first kappa shape index (κ1) is 27.5. The van der Waals surface area contributed by atoms with E-state index in [1.807, 2.05) is 70.6 Å². The lowest BCUT2D eigenvalue weighted by molar-refractivity contribution is -0.144. The first-order chi connectivity index (χ1) is 18.6. The van der Waals surface area contributed by atoms with Gasteiger partial charge in [-0.1, -0.05) is 50.3 Å². The van der Waals surface area contributed by atoms with Crippen LogP contribution < -0.4 is 5.32 Å². The van der Waals surface area contributed by atoms with Crippen LogP contribution in [0.3, 0.4) is 0 Å². The molecule has 3 heterocycles. The molecule has 1 saturated carbocycles. The molecule has 0 bridgehead atoms. The van der Waals surface area contributed by atoms with Gasteiger partial charge in [-0.3, -0.25) is 9.59 Å². The Morgan fingerprint density at radius 3 is 2.56 bits per heavy atom. The molecule has 2 aliphatic rings. The highest BCUT2D eigenvalue weighted by molar-refractivity contribution is 7.13. The molecule has 10 heteroatoms. The van der Waals surface area contributed by atoms with Gasteiger partial charge in [0.15, 0.2) is 0 Å². The van der Waals surface area contributed by atoms with Crippen LogP contribution in [0.5, 0.6) is 0 Å². The SMILES string of the molecule is CCC(C)(C)[C@@H](C(=O)N1C[C@H](O)C[C@H]1C(=O)N[C@@H](C)c1ccc(-c2scnc2C)cc1)n1cc(C2CC2)nn1. The average Bonchev–Trinajstić information content (AvgIpc) is 3.28. The minimum atomic E-state index is -0.759. The van der Waals surface area contributed by atoms with E-state index in [1.165, 1.54) is 0 Å². The summed E-state index contributed by atoms with van der Waals surface area (Å²) in [6, 6.07) is 6.46. The molecule has 2 aromatic heterocycles. The molecule has 5 rings (SSSR count). The number of aryl methyl sites for hydroxylation is 1. The maximum Gasteiger partial charge on any atom is 0.248 e. The lowest BCUT2D eigenvalue weighted by atomic mass is 9.81. The Labute approximate surface area is 233 Å². The van der Waals surface area contributed by atoms with Gasteiger partial charge in [-0.2, -0.15) is 0 Å². The first-order valence-corrected chi connectivity index (χ1v) is 14.7. The van der Waals surface area contributed by atoms with Crippen LogP contribution in [-0.2, 0) is 9.59 Å². The number of thiazole rings is 1. The number of carbonyl (C=O) groups excluding carboxylic acids is 2. The number of amides is 2. The molecular weight excluding hydrogens is 512 g/mol. The van der Waals surface area contributed by atoms with Crippen molar-refractivity contribution >= 4 is 23.2 Å². The van der Waals surface area contributed by atoms with E-state index < -0.39 is 23.6 Å². The van der Waals surface area contributed by atoms with Gasteiger partial charge in [0.2, 0.25) is 11.8 Å². The van der Waals surface area contributed by atoms with Gasteiger partial charge in [0.1, 0.15) is 12.1 Å². The minimum absolute atomic E-state index is 0.120. The normalized spacial score (nSPS) is 21.1. The molecule has 9 nitrogen and oxygen atoms in total. The predicted octanol–water partition coefficient (Wildman–Crippen LogP) is 4.40. The molecule has 2 N–H and O–H groups in total. The zero-order valence-corrected chi connectivity index (χ0v) is 24.1. The molecule has 1 saturated heterocycles. The van der Waals surface area contributed by atoms with E-state index in [1.54, 1.807) is 20.9 Å². The molecule has 4 atom stereocenters. The third kappa shape index (κ3) is 5.63. The molecule has 208 valence electrons. The summed E-state index contributed by atoms with van der Waals surface area (Å²) in [4.78, 5) is 34.6. The zero-order valence-electron chi connectivity index (χ0n) is 23.3. The fraction of sp³-hybridized carbons (Fsp3) is 0.552. The van der Waals surface area contributed by atoms with Crippen molar-refractivity contribution in [3.05, 3.63) is 52.9 Å². The van der Waals surface area contributed by atoms with E-state index in [0.29, 0.717) is 5.92 Å². The van der Waals surface area contributed by atoms with E-state index in [0.717, 1.165) is 46.7 Å². The zero-order chi connectivity index (χ0) is 27.9. The van der Waals surface area contributed by atoms with Gasteiger partial charge in [-0.15, -0.1) is 16.4 Å². The summed E-state index contributed by atoms with van der Waals surface area (Å²) >= 11 is 1.60. The molecule has 2 amide bonds. The average molecular weight is 551 g/mol. The highest BCUT2D eigenvalue weighted by Gasteiger charge is 2.46. The number of hydrogen-bond acceptors (Lipinski definition) is 7. The highest BCUT2D eigenvalue weighted by Crippen LogP contribution is 2.41. The fourth-order valence-electron chi connectivity index (χ4n) is 5.34. The largest absolute Gasteiger partial charge is 0.391 e. The number of aliphatic hydroxyl groups is 1. The Morgan fingerprint density at radius 2 is 1.95 bits per heavy atom. The molecule has 2 fully saturated rings.